The van der Waals surface area contributed by atoms with Crippen molar-refractivity contribution in [2.24, 2.45) is 0 Å². The number of fused-ring (bicyclic) bond motifs is 1. The van der Waals surface area contributed by atoms with E-state index in [1.807, 2.05) is 53.9 Å². The van der Waals surface area contributed by atoms with Crippen LogP contribution in [0.15, 0.2) is 59.4 Å². The molecule has 6 nitrogen and oxygen atoms in total. The molecule has 2 aromatic heterocycles. The van der Waals surface area contributed by atoms with Crippen LogP contribution in [-0.4, -0.2) is 38.8 Å². The van der Waals surface area contributed by atoms with Gasteiger partial charge in [0.15, 0.2) is 0 Å². The van der Waals surface area contributed by atoms with E-state index >= 15 is 0 Å². The lowest BCUT2D eigenvalue weighted by molar-refractivity contribution is 0.0502. The van der Waals surface area contributed by atoms with Crippen molar-refractivity contribution in [3.63, 3.8) is 0 Å². The molecule has 1 aliphatic heterocycles. The Kier molecular flexibility index (Phi) is 3.79. The van der Waals surface area contributed by atoms with Crippen molar-refractivity contribution in [1.82, 2.24) is 19.8 Å². The van der Waals surface area contributed by atoms with Gasteiger partial charge < -0.3 is 9.42 Å². The second-order valence-electron chi connectivity index (χ2n) is 7.33. The minimum absolute atomic E-state index is 0.0695. The van der Waals surface area contributed by atoms with Crippen LogP contribution in [0, 0.1) is 13.8 Å². The van der Waals surface area contributed by atoms with Gasteiger partial charge in [0, 0.05) is 36.6 Å². The molecule has 0 N–H and O–H groups in total. The smallest absolute Gasteiger partial charge is 0.254 e. The number of rotatable bonds is 3. The van der Waals surface area contributed by atoms with E-state index in [1.54, 1.807) is 6.20 Å². The second kappa shape index (κ2) is 6.34. The monoisotopic (exact) mass is 372 g/mol. The van der Waals surface area contributed by atoms with E-state index in [4.69, 9.17) is 4.52 Å². The maximum absolute atomic E-state index is 12.8. The first-order valence-corrected chi connectivity index (χ1v) is 9.35. The molecule has 0 atom stereocenters. The molecule has 1 aliphatic rings. The van der Waals surface area contributed by atoms with E-state index < -0.39 is 0 Å². The number of hydrogen-bond donors (Lipinski definition) is 0. The summed E-state index contributed by atoms with van der Waals surface area (Å²) in [5, 5.41) is 10.4. The Balaban J connectivity index is 1.38. The van der Waals surface area contributed by atoms with E-state index in [1.165, 1.54) is 0 Å². The normalized spacial score (nSPS) is 14.4. The van der Waals surface area contributed by atoms with Crippen molar-refractivity contribution in [3.05, 3.63) is 71.9 Å². The van der Waals surface area contributed by atoms with Gasteiger partial charge in [-0.1, -0.05) is 23.4 Å². The van der Waals surface area contributed by atoms with Crippen molar-refractivity contribution >= 4 is 16.7 Å². The Hall–Kier alpha value is -3.41. The van der Waals surface area contributed by atoms with Crippen molar-refractivity contribution in [1.29, 1.82) is 0 Å². The zero-order valence-corrected chi connectivity index (χ0v) is 15.8. The van der Waals surface area contributed by atoms with Crippen LogP contribution in [0.4, 0.5) is 0 Å². The number of benzene rings is 2. The molecule has 5 rings (SSSR count). The summed E-state index contributed by atoms with van der Waals surface area (Å²) in [7, 11) is 0. The maximum atomic E-state index is 12.8. The molecule has 2 aromatic carbocycles. The van der Waals surface area contributed by atoms with Crippen LogP contribution in [0.1, 0.15) is 27.9 Å². The fourth-order valence-electron chi connectivity index (χ4n) is 3.90. The van der Waals surface area contributed by atoms with E-state index in [-0.39, 0.29) is 11.9 Å². The molecule has 4 aromatic rings. The summed E-state index contributed by atoms with van der Waals surface area (Å²) in [5.74, 6) is 0.883. The van der Waals surface area contributed by atoms with Gasteiger partial charge in [0.25, 0.3) is 5.91 Å². The fourth-order valence-corrected chi connectivity index (χ4v) is 3.90. The molecule has 28 heavy (non-hydrogen) atoms. The van der Waals surface area contributed by atoms with E-state index in [2.05, 4.69) is 28.5 Å². The lowest BCUT2D eigenvalue weighted by Gasteiger charge is -2.39. The first kappa shape index (κ1) is 16.7. The van der Waals surface area contributed by atoms with Crippen molar-refractivity contribution in [3.8, 4) is 11.1 Å². The summed E-state index contributed by atoms with van der Waals surface area (Å²) in [5.41, 5.74) is 3.71. The largest absolute Gasteiger partial charge is 0.361 e. The SMILES string of the molecule is Cc1noc(C)c1-c1ccc2cc(C(=O)N3CC(n4cccn4)C3)ccc2c1. The number of hydrogen-bond acceptors (Lipinski definition) is 4. The number of likely N-dealkylation sites (tertiary alicyclic amines) is 1. The molecular weight excluding hydrogens is 352 g/mol. The first-order valence-electron chi connectivity index (χ1n) is 9.35. The zero-order valence-electron chi connectivity index (χ0n) is 15.8. The third-order valence-corrected chi connectivity index (χ3v) is 5.46. The summed E-state index contributed by atoms with van der Waals surface area (Å²) in [6.07, 6.45) is 3.71. The molecule has 0 spiro atoms. The van der Waals surface area contributed by atoms with Crippen LogP contribution in [0.25, 0.3) is 21.9 Å². The van der Waals surface area contributed by atoms with Crippen molar-refractivity contribution < 1.29 is 9.32 Å². The molecule has 0 unspecified atom stereocenters. The van der Waals surface area contributed by atoms with Gasteiger partial charge in [-0.05, 0) is 54.4 Å². The fraction of sp³-hybridized carbons (Fsp3) is 0.227. The average molecular weight is 372 g/mol. The quantitative estimate of drug-likeness (QED) is 0.545. The summed E-state index contributed by atoms with van der Waals surface area (Å²) in [4.78, 5) is 14.7. The summed E-state index contributed by atoms with van der Waals surface area (Å²) in [6, 6.07) is 14.3. The molecule has 0 aliphatic carbocycles. The van der Waals surface area contributed by atoms with E-state index in [0.717, 1.165) is 38.9 Å². The van der Waals surface area contributed by atoms with Crippen LogP contribution >= 0.6 is 0 Å². The van der Waals surface area contributed by atoms with Crippen molar-refractivity contribution in [2.75, 3.05) is 13.1 Å². The van der Waals surface area contributed by atoms with E-state index in [0.29, 0.717) is 13.1 Å². The molecule has 1 fully saturated rings. The summed E-state index contributed by atoms with van der Waals surface area (Å²) >= 11 is 0. The van der Waals surface area contributed by atoms with Crippen LogP contribution in [-0.2, 0) is 0 Å². The maximum Gasteiger partial charge on any atom is 0.254 e. The number of nitrogens with zero attached hydrogens (tertiary/aromatic N) is 4. The Bertz CT molecular complexity index is 1150. The van der Waals surface area contributed by atoms with Gasteiger partial charge in [0.2, 0.25) is 0 Å². The molecule has 1 amide bonds. The Morgan fingerprint density at radius 3 is 2.61 bits per heavy atom. The van der Waals surface area contributed by atoms with Crippen LogP contribution in [0.3, 0.4) is 0 Å². The predicted octanol–water partition coefficient (Wildman–Crippen LogP) is 4.01. The predicted molar refractivity (Wildman–Crippen MR) is 106 cm³/mol. The van der Waals surface area contributed by atoms with Gasteiger partial charge in [-0.15, -0.1) is 0 Å². The highest BCUT2D eigenvalue weighted by Crippen LogP contribution is 2.30. The van der Waals surface area contributed by atoms with Gasteiger partial charge in [-0.25, -0.2) is 0 Å². The van der Waals surface area contributed by atoms with Crippen molar-refractivity contribution in [2.45, 2.75) is 19.9 Å². The molecule has 1 saturated heterocycles. The minimum atomic E-state index is 0.0695. The minimum Gasteiger partial charge on any atom is -0.361 e. The highest BCUT2D eigenvalue weighted by atomic mass is 16.5. The highest BCUT2D eigenvalue weighted by Gasteiger charge is 2.32. The summed E-state index contributed by atoms with van der Waals surface area (Å²) in [6.45, 7) is 5.26. The summed E-state index contributed by atoms with van der Waals surface area (Å²) < 4.78 is 7.20. The number of aryl methyl sites for hydroxylation is 2. The molecule has 0 bridgehead atoms. The van der Waals surface area contributed by atoms with Crippen LogP contribution in [0.5, 0.6) is 0 Å². The molecular formula is C22H20N4O2. The average Bonchev–Trinajstić information content (AvgIpc) is 3.30. The molecule has 6 heteroatoms. The Morgan fingerprint density at radius 1 is 1.11 bits per heavy atom. The van der Waals surface area contributed by atoms with E-state index in [9.17, 15) is 4.79 Å². The van der Waals surface area contributed by atoms with Crippen LogP contribution < -0.4 is 0 Å². The van der Waals surface area contributed by atoms with Gasteiger partial charge in [-0.3, -0.25) is 9.48 Å². The number of carbonyl (C=O) groups is 1. The Morgan fingerprint density at radius 2 is 1.89 bits per heavy atom. The lowest BCUT2D eigenvalue weighted by Crippen LogP contribution is -2.50. The second-order valence-corrected chi connectivity index (χ2v) is 7.33. The first-order chi connectivity index (χ1) is 13.6. The lowest BCUT2D eigenvalue weighted by atomic mass is 9.98. The third-order valence-electron chi connectivity index (χ3n) is 5.46. The molecule has 140 valence electrons. The van der Waals surface area contributed by atoms with Gasteiger partial charge >= 0.3 is 0 Å². The van der Waals surface area contributed by atoms with Gasteiger partial charge in [-0.2, -0.15) is 5.10 Å². The molecule has 0 saturated carbocycles. The third kappa shape index (κ3) is 2.69. The molecule has 0 radical (unpaired) electrons. The van der Waals surface area contributed by atoms with Crippen LogP contribution in [0.2, 0.25) is 0 Å². The highest BCUT2D eigenvalue weighted by molar-refractivity contribution is 5.99. The van der Waals surface area contributed by atoms with Gasteiger partial charge in [0.05, 0.1) is 11.7 Å². The van der Waals surface area contributed by atoms with Gasteiger partial charge in [0.1, 0.15) is 5.76 Å². The standard InChI is InChI=1S/C22H20N4O2/c1-14-21(15(2)28-24-14)18-6-4-17-11-19(7-5-16(17)10-18)22(27)25-12-20(13-25)26-9-3-8-23-26/h3-11,20H,12-13H2,1-2H3. The number of amides is 1. The number of aromatic nitrogens is 3. The zero-order chi connectivity index (χ0) is 19.3. The Labute approximate surface area is 162 Å². The topological polar surface area (TPSA) is 64.2 Å². The number of carbonyl (C=O) groups excluding carboxylic acids is 1. The molecule has 3 heterocycles.